The van der Waals surface area contributed by atoms with Gasteiger partial charge in [-0.3, -0.25) is 4.79 Å². The predicted octanol–water partition coefficient (Wildman–Crippen LogP) is 1.13. The molecule has 0 bridgehead atoms. The molecule has 1 radical (unpaired) electrons. The third kappa shape index (κ3) is 4.97. The van der Waals surface area contributed by atoms with Crippen LogP contribution in [0.4, 0.5) is 0 Å². The highest BCUT2D eigenvalue weighted by Crippen LogP contribution is 2.06. The molecule has 1 aromatic carbocycles. The number of nitrogens with two attached hydrogens (primary N) is 1. The van der Waals surface area contributed by atoms with Gasteiger partial charge in [-0.1, -0.05) is 12.1 Å². The minimum Gasteiger partial charge on any atom is -0.352 e. The summed E-state index contributed by atoms with van der Waals surface area (Å²) >= 11 is 0. The third-order valence-corrected chi connectivity index (χ3v) is 2.49. The number of benzene rings is 1. The number of hydrogen-bond acceptors (Lipinski definition) is 2. The average Bonchev–Trinajstić information content (AvgIpc) is 2.37. The van der Waals surface area contributed by atoms with E-state index < -0.39 is 0 Å². The minimum absolute atomic E-state index is 0.0542. The molecule has 4 heteroatoms. The first-order chi connectivity index (χ1) is 8.27. The highest BCUT2D eigenvalue weighted by atomic mass is 16.2. The van der Waals surface area contributed by atoms with Crippen molar-refractivity contribution in [1.82, 2.24) is 5.32 Å². The zero-order chi connectivity index (χ0) is 12.5. The maximum Gasteiger partial charge on any atom is 0.251 e. The van der Waals surface area contributed by atoms with Crippen molar-refractivity contribution in [3.63, 3.8) is 0 Å². The van der Waals surface area contributed by atoms with Crippen molar-refractivity contribution < 1.29 is 9.90 Å². The summed E-state index contributed by atoms with van der Waals surface area (Å²) < 4.78 is 0. The smallest absolute Gasteiger partial charge is 0.251 e. The molecule has 0 saturated heterocycles. The van der Waals surface area contributed by atoms with Gasteiger partial charge in [-0.05, 0) is 43.5 Å². The van der Waals surface area contributed by atoms with E-state index in [4.69, 9.17) is 5.73 Å². The highest BCUT2D eigenvalue weighted by molar-refractivity contribution is 5.94. The summed E-state index contributed by atoms with van der Waals surface area (Å²) in [6.07, 6.45) is 2.20. The van der Waals surface area contributed by atoms with Crippen LogP contribution in [-0.2, 0) is 11.5 Å². The van der Waals surface area contributed by atoms with Gasteiger partial charge in [0.1, 0.15) is 0 Å². The molecule has 0 aliphatic carbocycles. The molecule has 0 spiro atoms. The van der Waals surface area contributed by atoms with Crippen LogP contribution in [0, 0.1) is 0 Å². The summed E-state index contributed by atoms with van der Waals surface area (Å²) in [6.45, 7) is 1.13. The second kappa shape index (κ2) is 7.81. The molecule has 1 amide bonds. The van der Waals surface area contributed by atoms with Crippen molar-refractivity contribution in [3.8, 4) is 0 Å². The van der Waals surface area contributed by atoms with E-state index in [1.807, 2.05) is 12.1 Å². The number of aryl methyl sites for hydroxylation is 1. The van der Waals surface area contributed by atoms with Crippen LogP contribution in [0.2, 0.25) is 0 Å². The highest BCUT2D eigenvalue weighted by Gasteiger charge is 2.03. The Kier molecular flexibility index (Phi) is 6.29. The van der Waals surface area contributed by atoms with Gasteiger partial charge in [0.05, 0.1) is 6.61 Å². The fourth-order valence-electron chi connectivity index (χ4n) is 1.51. The fourth-order valence-corrected chi connectivity index (χ4v) is 1.51. The molecule has 1 rings (SSSR count). The molecule has 0 aliphatic heterocycles. The van der Waals surface area contributed by atoms with Crippen molar-refractivity contribution in [2.24, 2.45) is 5.73 Å². The van der Waals surface area contributed by atoms with Crippen molar-refractivity contribution in [2.45, 2.75) is 19.3 Å². The average molecular weight is 235 g/mol. The van der Waals surface area contributed by atoms with Gasteiger partial charge in [0.25, 0.3) is 5.91 Å². The summed E-state index contributed by atoms with van der Waals surface area (Å²) in [6, 6.07) is 7.37. The number of amides is 1. The van der Waals surface area contributed by atoms with Gasteiger partial charge in [-0.15, -0.1) is 0 Å². The number of hydrogen-bond donors (Lipinski definition) is 2. The Bertz CT molecular complexity index is 336. The molecule has 0 aromatic heterocycles. The van der Waals surface area contributed by atoms with E-state index in [1.165, 1.54) is 0 Å². The van der Waals surface area contributed by atoms with Crippen molar-refractivity contribution >= 4 is 5.91 Å². The number of carbonyl (C=O) groups excluding carboxylic acids is 1. The molecule has 0 heterocycles. The van der Waals surface area contributed by atoms with Crippen molar-refractivity contribution in [1.29, 1.82) is 0 Å². The van der Waals surface area contributed by atoms with Crippen LogP contribution >= 0.6 is 0 Å². The minimum atomic E-state index is -0.0752. The molecule has 17 heavy (non-hydrogen) atoms. The normalized spacial score (nSPS) is 10.2. The van der Waals surface area contributed by atoms with Crippen molar-refractivity contribution in [3.05, 3.63) is 35.4 Å². The van der Waals surface area contributed by atoms with Crippen LogP contribution in [0.15, 0.2) is 24.3 Å². The molecule has 0 saturated carbocycles. The molecular weight excluding hydrogens is 216 g/mol. The maximum atomic E-state index is 11.6. The topological polar surface area (TPSA) is 75.0 Å². The lowest BCUT2D eigenvalue weighted by atomic mass is 10.1. The fraction of sp³-hybridized carbons (Fsp3) is 0.462. The van der Waals surface area contributed by atoms with Crippen molar-refractivity contribution in [2.75, 3.05) is 19.7 Å². The van der Waals surface area contributed by atoms with E-state index in [9.17, 15) is 9.90 Å². The number of carbonyl (C=O) groups is 1. The lowest BCUT2D eigenvalue weighted by molar-refractivity contribution is 0.0953. The van der Waals surface area contributed by atoms with Gasteiger partial charge in [-0.2, -0.15) is 0 Å². The molecule has 1 aromatic rings. The van der Waals surface area contributed by atoms with Crippen LogP contribution in [0.5, 0.6) is 0 Å². The molecule has 0 fully saturated rings. The number of rotatable bonds is 7. The van der Waals surface area contributed by atoms with Crippen LogP contribution < -0.4 is 11.1 Å². The molecule has 0 unspecified atom stereocenters. The van der Waals surface area contributed by atoms with E-state index >= 15 is 0 Å². The van der Waals surface area contributed by atoms with Gasteiger partial charge in [0.2, 0.25) is 0 Å². The molecule has 0 atom stereocenters. The van der Waals surface area contributed by atoms with E-state index in [2.05, 4.69) is 5.32 Å². The summed E-state index contributed by atoms with van der Waals surface area (Å²) in [7, 11) is 0. The standard InChI is InChI=1S/C13H19N2O2/c14-8-2-9-15-13(17)12-6-4-11(5-7-12)3-1-10-16/h4-7H,1-3,8-10,14H2,(H,15,17). The molecule has 93 valence electrons. The lowest BCUT2D eigenvalue weighted by Crippen LogP contribution is -2.25. The lowest BCUT2D eigenvalue weighted by Gasteiger charge is -2.05. The van der Waals surface area contributed by atoms with Gasteiger partial charge in [0, 0.05) is 12.1 Å². The second-order valence-electron chi connectivity index (χ2n) is 3.90. The van der Waals surface area contributed by atoms with E-state index in [0.717, 1.165) is 18.4 Å². The zero-order valence-electron chi connectivity index (χ0n) is 9.95. The first-order valence-corrected chi connectivity index (χ1v) is 5.93. The number of nitrogens with one attached hydrogen (secondary N) is 1. The third-order valence-electron chi connectivity index (χ3n) is 2.49. The molecule has 3 N–H and O–H groups in total. The maximum absolute atomic E-state index is 11.6. The first-order valence-electron chi connectivity index (χ1n) is 5.93. The van der Waals surface area contributed by atoms with Gasteiger partial charge < -0.3 is 11.1 Å². The summed E-state index contributed by atoms with van der Waals surface area (Å²) in [5.74, 6) is -0.0752. The van der Waals surface area contributed by atoms with Crippen LogP contribution in [0.3, 0.4) is 0 Å². The largest absolute Gasteiger partial charge is 0.352 e. The van der Waals surface area contributed by atoms with Gasteiger partial charge in [-0.25, -0.2) is 5.11 Å². The quantitative estimate of drug-likeness (QED) is 0.695. The first kappa shape index (κ1) is 13.7. The summed E-state index contributed by atoms with van der Waals surface area (Å²) in [4.78, 5) is 11.6. The van der Waals surface area contributed by atoms with Crippen LogP contribution in [0.1, 0.15) is 28.8 Å². The second-order valence-corrected chi connectivity index (χ2v) is 3.90. The van der Waals surface area contributed by atoms with Crippen LogP contribution in [-0.4, -0.2) is 25.6 Å². The van der Waals surface area contributed by atoms with E-state index in [-0.39, 0.29) is 12.5 Å². The zero-order valence-corrected chi connectivity index (χ0v) is 9.95. The van der Waals surface area contributed by atoms with Crippen LogP contribution in [0.25, 0.3) is 0 Å². The Balaban J connectivity index is 2.46. The van der Waals surface area contributed by atoms with Gasteiger partial charge >= 0.3 is 0 Å². The summed E-state index contributed by atoms with van der Waals surface area (Å²) in [5, 5.41) is 13.1. The van der Waals surface area contributed by atoms with E-state index in [1.54, 1.807) is 12.1 Å². The predicted molar refractivity (Wildman–Crippen MR) is 66.3 cm³/mol. The Hall–Kier alpha value is -1.39. The molecular formula is C13H19N2O2. The Morgan fingerprint density at radius 1 is 1.18 bits per heavy atom. The monoisotopic (exact) mass is 235 g/mol. The summed E-state index contributed by atoms with van der Waals surface area (Å²) in [5.41, 5.74) is 7.09. The SMILES string of the molecule is NCCCNC(=O)c1ccc(CCC[O])cc1. The van der Waals surface area contributed by atoms with E-state index in [0.29, 0.717) is 25.1 Å². The van der Waals surface area contributed by atoms with Gasteiger partial charge in [0.15, 0.2) is 0 Å². The Morgan fingerprint density at radius 3 is 2.47 bits per heavy atom. The molecule has 4 nitrogen and oxygen atoms in total. The Labute approximate surface area is 102 Å². The Morgan fingerprint density at radius 2 is 1.88 bits per heavy atom. The molecule has 0 aliphatic rings.